The summed E-state index contributed by atoms with van der Waals surface area (Å²) in [5.74, 6) is 0.184. The molecule has 0 spiro atoms. The Morgan fingerprint density at radius 1 is 1.06 bits per heavy atom. The van der Waals surface area contributed by atoms with Gasteiger partial charge < -0.3 is 14.2 Å². The molecule has 3 nitrogen and oxygen atoms in total. The number of hydrogen-bond acceptors (Lipinski definition) is 3. The molecule has 0 amide bonds. The van der Waals surface area contributed by atoms with E-state index in [9.17, 15) is 0 Å². The number of benzene rings is 1. The lowest BCUT2D eigenvalue weighted by molar-refractivity contribution is -0.230. The van der Waals surface area contributed by atoms with E-state index in [2.05, 4.69) is 6.92 Å². The lowest BCUT2D eigenvalue weighted by Gasteiger charge is -2.32. The van der Waals surface area contributed by atoms with Gasteiger partial charge in [0.15, 0.2) is 5.79 Å². The highest BCUT2D eigenvalue weighted by Gasteiger charge is 2.30. The molecule has 3 heteroatoms. The van der Waals surface area contributed by atoms with Crippen LogP contribution in [-0.2, 0) is 21.7 Å². The third-order valence-electron chi connectivity index (χ3n) is 3.04. The Morgan fingerprint density at radius 2 is 1.67 bits per heavy atom. The Morgan fingerprint density at radius 3 is 2.11 bits per heavy atom. The summed E-state index contributed by atoms with van der Waals surface area (Å²) < 4.78 is 17.1. The summed E-state index contributed by atoms with van der Waals surface area (Å²) in [4.78, 5) is 0. The van der Waals surface area contributed by atoms with E-state index >= 15 is 0 Å². The standard InChI is InChI=1S/C15H24O3/c1-6-12-13(10-9-11-14(12)16-5)15(4,17-7-2)18-8-3/h9-11H,6-8H2,1-5H3. The molecule has 0 aliphatic rings. The van der Waals surface area contributed by atoms with Crippen molar-refractivity contribution < 1.29 is 14.2 Å². The summed E-state index contributed by atoms with van der Waals surface area (Å²) in [6.07, 6.45) is 0.884. The molecule has 0 aliphatic heterocycles. The first-order valence-electron chi connectivity index (χ1n) is 6.57. The van der Waals surface area contributed by atoms with E-state index in [4.69, 9.17) is 14.2 Å². The zero-order valence-corrected chi connectivity index (χ0v) is 12.1. The third-order valence-corrected chi connectivity index (χ3v) is 3.04. The van der Waals surface area contributed by atoms with E-state index < -0.39 is 5.79 Å². The highest BCUT2D eigenvalue weighted by Crippen LogP contribution is 2.34. The lowest BCUT2D eigenvalue weighted by atomic mass is 9.97. The number of rotatable bonds is 7. The molecule has 18 heavy (non-hydrogen) atoms. The van der Waals surface area contributed by atoms with Gasteiger partial charge in [-0.05, 0) is 33.3 Å². The summed E-state index contributed by atoms with van der Waals surface area (Å²) in [6.45, 7) is 9.24. The zero-order chi connectivity index (χ0) is 13.6. The molecule has 0 heterocycles. The summed E-state index contributed by atoms with van der Waals surface area (Å²) in [5.41, 5.74) is 2.19. The van der Waals surface area contributed by atoms with Crippen LogP contribution in [0.5, 0.6) is 5.75 Å². The fraction of sp³-hybridized carbons (Fsp3) is 0.600. The maximum atomic E-state index is 5.82. The molecule has 0 atom stereocenters. The molecule has 0 saturated carbocycles. The van der Waals surface area contributed by atoms with Gasteiger partial charge in [0.2, 0.25) is 0 Å². The normalized spacial score (nSPS) is 11.6. The first-order valence-corrected chi connectivity index (χ1v) is 6.57. The van der Waals surface area contributed by atoms with Crippen LogP contribution in [0.3, 0.4) is 0 Å². The van der Waals surface area contributed by atoms with Crippen molar-refractivity contribution in [3.05, 3.63) is 29.3 Å². The number of methoxy groups -OCH3 is 1. The quantitative estimate of drug-likeness (QED) is 0.695. The molecule has 0 aromatic heterocycles. The number of hydrogen-bond donors (Lipinski definition) is 0. The largest absolute Gasteiger partial charge is 0.496 e. The van der Waals surface area contributed by atoms with Gasteiger partial charge in [-0.1, -0.05) is 19.1 Å². The van der Waals surface area contributed by atoms with Crippen molar-refractivity contribution in [2.24, 2.45) is 0 Å². The molecule has 102 valence electrons. The van der Waals surface area contributed by atoms with Gasteiger partial charge in [0.25, 0.3) is 0 Å². The van der Waals surface area contributed by atoms with Crippen LogP contribution in [-0.4, -0.2) is 20.3 Å². The van der Waals surface area contributed by atoms with Crippen LogP contribution in [0.25, 0.3) is 0 Å². The van der Waals surface area contributed by atoms with Crippen molar-refractivity contribution >= 4 is 0 Å². The number of ether oxygens (including phenoxy) is 3. The van der Waals surface area contributed by atoms with Crippen molar-refractivity contribution in [2.45, 2.75) is 39.9 Å². The predicted octanol–water partition coefficient (Wildman–Crippen LogP) is 3.50. The molecule has 0 N–H and O–H groups in total. The van der Waals surface area contributed by atoms with Crippen molar-refractivity contribution in [1.82, 2.24) is 0 Å². The monoisotopic (exact) mass is 252 g/mol. The smallest absolute Gasteiger partial charge is 0.192 e. The van der Waals surface area contributed by atoms with E-state index in [1.54, 1.807) is 7.11 Å². The van der Waals surface area contributed by atoms with Gasteiger partial charge in [-0.3, -0.25) is 0 Å². The van der Waals surface area contributed by atoms with Gasteiger partial charge >= 0.3 is 0 Å². The molecule has 1 rings (SSSR count). The second-order valence-electron chi connectivity index (χ2n) is 4.15. The molecule has 1 aromatic carbocycles. The van der Waals surface area contributed by atoms with Crippen molar-refractivity contribution in [3.8, 4) is 5.75 Å². The fourth-order valence-corrected chi connectivity index (χ4v) is 2.30. The van der Waals surface area contributed by atoms with Gasteiger partial charge in [-0.15, -0.1) is 0 Å². The zero-order valence-electron chi connectivity index (χ0n) is 12.1. The molecule has 0 aliphatic carbocycles. The van der Waals surface area contributed by atoms with E-state index in [1.807, 2.05) is 39.0 Å². The second-order valence-corrected chi connectivity index (χ2v) is 4.15. The Labute approximate surface area is 110 Å². The first-order chi connectivity index (χ1) is 8.62. The van der Waals surface area contributed by atoms with Gasteiger partial charge in [0, 0.05) is 24.3 Å². The molecular formula is C15H24O3. The van der Waals surface area contributed by atoms with Gasteiger partial charge in [-0.25, -0.2) is 0 Å². The Balaban J connectivity index is 3.26. The van der Waals surface area contributed by atoms with Crippen molar-refractivity contribution in [2.75, 3.05) is 20.3 Å². The summed E-state index contributed by atoms with van der Waals surface area (Å²) >= 11 is 0. The Hall–Kier alpha value is -1.06. The fourth-order valence-electron chi connectivity index (χ4n) is 2.30. The first kappa shape index (κ1) is 15.0. The van der Waals surface area contributed by atoms with Crippen LogP contribution in [0.4, 0.5) is 0 Å². The van der Waals surface area contributed by atoms with Gasteiger partial charge in [0.05, 0.1) is 7.11 Å². The average molecular weight is 252 g/mol. The van der Waals surface area contributed by atoms with Crippen LogP contribution < -0.4 is 4.74 Å². The highest BCUT2D eigenvalue weighted by molar-refractivity contribution is 5.42. The topological polar surface area (TPSA) is 27.7 Å². The molecule has 0 fully saturated rings. The minimum Gasteiger partial charge on any atom is -0.496 e. The molecular weight excluding hydrogens is 228 g/mol. The van der Waals surface area contributed by atoms with Gasteiger partial charge in [0.1, 0.15) is 5.75 Å². The highest BCUT2D eigenvalue weighted by atomic mass is 16.7. The van der Waals surface area contributed by atoms with Crippen LogP contribution in [0.2, 0.25) is 0 Å². The van der Waals surface area contributed by atoms with Crippen LogP contribution in [0, 0.1) is 0 Å². The minimum atomic E-state index is -0.705. The van der Waals surface area contributed by atoms with Crippen molar-refractivity contribution in [1.29, 1.82) is 0 Å². The molecule has 0 unspecified atom stereocenters. The van der Waals surface area contributed by atoms with Crippen molar-refractivity contribution in [3.63, 3.8) is 0 Å². The second kappa shape index (κ2) is 6.76. The molecule has 0 radical (unpaired) electrons. The average Bonchev–Trinajstić information content (AvgIpc) is 2.38. The maximum absolute atomic E-state index is 5.82. The molecule has 0 bridgehead atoms. The molecule has 0 saturated heterocycles. The van der Waals surface area contributed by atoms with Crippen LogP contribution in [0.15, 0.2) is 18.2 Å². The molecule has 1 aromatic rings. The van der Waals surface area contributed by atoms with E-state index in [0.717, 1.165) is 23.3 Å². The van der Waals surface area contributed by atoms with E-state index in [1.165, 1.54) is 0 Å². The Kier molecular flexibility index (Phi) is 5.63. The van der Waals surface area contributed by atoms with E-state index in [0.29, 0.717) is 13.2 Å². The third kappa shape index (κ3) is 3.03. The Bertz CT molecular complexity index is 368. The summed E-state index contributed by atoms with van der Waals surface area (Å²) in [6, 6.07) is 6.00. The SMILES string of the molecule is CCOC(C)(OCC)c1cccc(OC)c1CC. The minimum absolute atomic E-state index is 0.608. The predicted molar refractivity (Wildman–Crippen MR) is 73.0 cm³/mol. The van der Waals surface area contributed by atoms with E-state index in [-0.39, 0.29) is 0 Å². The lowest BCUT2D eigenvalue weighted by Crippen LogP contribution is -2.31. The maximum Gasteiger partial charge on any atom is 0.192 e. The van der Waals surface area contributed by atoms with Gasteiger partial charge in [-0.2, -0.15) is 0 Å². The summed E-state index contributed by atoms with van der Waals surface area (Å²) in [7, 11) is 1.69. The van der Waals surface area contributed by atoms with Crippen LogP contribution in [0.1, 0.15) is 38.8 Å². The van der Waals surface area contributed by atoms with Crippen LogP contribution >= 0.6 is 0 Å². The summed E-state index contributed by atoms with van der Waals surface area (Å²) in [5, 5.41) is 0.